The van der Waals surface area contributed by atoms with Crippen LogP contribution < -0.4 is 5.32 Å². The van der Waals surface area contributed by atoms with Gasteiger partial charge in [0.1, 0.15) is 0 Å². The maximum Gasteiger partial charge on any atom is 0.416 e. The highest BCUT2D eigenvalue weighted by Gasteiger charge is 2.40. The Morgan fingerprint density at radius 1 is 1.03 bits per heavy atom. The van der Waals surface area contributed by atoms with Crippen LogP contribution in [-0.2, 0) is 22.6 Å². The van der Waals surface area contributed by atoms with Crippen molar-refractivity contribution in [1.29, 1.82) is 0 Å². The zero-order valence-corrected chi connectivity index (χ0v) is 18.6. The fourth-order valence-corrected chi connectivity index (χ4v) is 4.28. The van der Waals surface area contributed by atoms with Crippen LogP contribution in [0.3, 0.4) is 0 Å². The molecule has 3 aromatic rings. The second-order valence-corrected chi connectivity index (χ2v) is 8.63. The van der Waals surface area contributed by atoms with Crippen molar-refractivity contribution in [2.75, 3.05) is 13.2 Å². The van der Waals surface area contributed by atoms with E-state index in [1.165, 1.54) is 6.92 Å². The molecule has 4 rings (SSSR count). The highest BCUT2D eigenvalue weighted by atomic mass is 19.4. The van der Waals surface area contributed by atoms with Crippen LogP contribution in [0.15, 0.2) is 48.5 Å². The number of hydrogen-bond donors (Lipinski definition) is 2. The van der Waals surface area contributed by atoms with E-state index in [9.17, 15) is 26.3 Å². The number of rotatable bonds is 6. The Hall–Kier alpha value is -2.99. The quantitative estimate of drug-likeness (QED) is 0.446. The molecule has 12 heteroatoms. The van der Waals surface area contributed by atoms with Gasteiger partial charge in [0.25, 0.3) is 0 Å². The number of H-pyrrole nitrogens is 1. The molecule has 0 amide bonds. The van der Waals surface area contributed by atoms with Gasteiger partial charge in [0.15, 0.2) is 5.82 Å². The van der Waals surface area contributed by atoms with Crippen LogP contribution in [0.5, 0.6) is 0 Å². The second-order valence-electron chi connectivity index (χ2n) is 8.63. The molecule has 2 heterocycles. The molecule has 2 unspecified atom stereocenters. The van der Waals surface area contributed by atoms with Crippen molar-refractivity contribution < 1.29 is 31.1 Å². The largest absolute Gasteiger partial charge is 0.416 e. The summed E-state index contributed by atoms with van der Waals surface area (Å²) in [5.74, 6) is 0.568. The summed E-state index contributed by atoms with van der Waals surface area (Å²) in [5, 5.41) is 17.5. The molecule has 1 aromatic heterocycles. The molecule has 0 bridgehead atoms. The van der Waals surface area contributed by atoms with E-state index in [2.05, 4.69) is 25.9 Å². The molecule has 0 spiro atoms. The number of nitrogens with one attached hydrogen (secondary N) is 2. The van der Waals surface area contributed by atoms with Crippen LogP contribution in [0.25, 0.3) is 0 Å². The van der Waals surface area contributed by atoms with Crippen molar-refractivity contribution in [2.24, 2.45) is 0 Å². The number of hydrogen-bond acceptors (Lipinski definition) is 5. The van der Waals surface area contributed by atoms with Gasteiger partial charge in [-0.1, -0.05) is 35.5 Å². The molecule has 35 heavy (non-hydrogen) atoms. The number of benzene rings is 2. The first-order valence-electron chi connectivity index (χ1n) is 10.9. The maximum absolute atomic E-state index is 13.3. The molecule has 188 valence electrons. The van der Waals surface area contributed by atoms with Crippen LogP contribution in [0.4, 0.5) is 26.3 Å². The number of aromatic amines is 1. The summed E-state index contributed by atoms with van der Waals surface area (Å²) < 4.78 is 85.6. The lowest BCUT2D eigenvalue weighted by atomic mass is 9.79. The zero-order valence-electron chi connectivity index (χ0n) is 18.6. The fraction of sp³-hybridized carbons (Fsp3) is 0.435. The third-order valence-corrected chi connectivity index (χ3v) is 6.32. The van der Waals surface area contributed by atoms with E-state index in [4.69, 9.17) is 4.74 Å². The van der Waals surface area contributed by atoms with Crippen molar-refractivity contribution in [2.45, 2.75) is 49.7 Å². The van der Waals surface area contributed by atoms with E-state index >= 15 is 0 Å². The van der Waals surface area contributed by atoms with Crippen molar-refractivity contribution in [3.05, 3.63) is 76.6 Å². The van der Waals surface area contributed by atoms with E-state index < -0.39 is 35.1 Å². The molecule has 1 aliphatic heterocycles. The summed E-state index contributed by atoms with van der Waals surface area (Å²) in [5.41, 5.74) is -2.72. The Labute approximate surface area is 197 Å². The van der Waals surface area contributed by atoms with Crippen LogP contribution in [0, 0.1) is 0 Å². The van der Waals surface area contributed by atoms with Gasteiger partial charge in [-0.3, -0.25) is 0 Å². The first kappa shape index (κ1) is 25.1. The molecule has 1 aliphatic rings. The average Bonchev–Trinajstić information content (AvgIpc) is 3.37. The lowest BCUT2D eigenvalue weighted by Gasteiger charge is -2.41. The minimum Gasteiger partial charge on any atom is -0.372 e. The molecule has 2 N–H and O–H groups in total. The molecular formula is C23H23F6N5O. The molecule has 6 nitrogen and oxygen atoms in total. The molecule has 2 aromatic carbocycles. The van der Waals surface area contributed by atoms with Crippen LogP contribution in [-0.4, -0.2) is 33.8 Å². The summed E-state index contributed by atoms with van der Waals surface area (Å²) in [6.07, 6.45) is -9.59. The van der Waals surface area contributed by atoms with Crippen molar-refractivity contribution in [3.8, 4) is 0 Å². The monoisotopic (exact) mass is 499 g/mol. The molecule has 0 saturated carbocycles. The Morgan fingerprint density at radius 3 is 2.20 bits per heavy atom. The van der Waals surface area contributed by atoms with Gasteiger partial charge in [0.2, 0.25) is 0 Å². The summed E-state index contributed by atoms with van der Waals surface area (Å²) in [6, 6.07) is 10.9. The van der Waals surface area contributed by atoms with Gasteiger partial charge in [0, 0.05) is 12.5 Å². The maximum atomic E-state index is 13.3. The SMILES string of the molecule is CC(OC[C@@]1(c2ccccc2)CCC(c2nn[nH]n2)CN1)c1cc(C(F)(F)F)cc(C(F)(F)F)c1. The van der Waals surface area contributed by atoms with Gasteiger partial charge in [-0.25, -0.2) is 0 Å². The highest BCUT2D eigenvalue weighted by molar-refractivity contribution is 5.35. The third kappa shape index (κ3) is 5.64. The Bertz CT molecular complexity index is 1080. The summed E-state index contributed by atoms with van der Waals surface area (Å²) >= 11 is 0. The van der Waals surface area contributed by atoms with E-state index in [-0.39, 0.29) is 24.2 Å². The number of alkyl halides is 6. The molecule has 3 atom stereocenters. The second kappa shape index (κ2) is 9.57. The molecule has 1 saturated heterocycles. The van der Waals surface area contributed by atoms with Crippen LogP contribution >= 0.6 is 0 Å². The molecule has 0 radical (unpaired) electrons. The summed E-state index contributed by atoms with van der Waals surface area (Å²) in [7, 11) is 0. The van der Waals surface area contributed by atoms with E-state index in [0.29, 0.717) is 37.3 Å². The van der Waals surface area contributed by atoms with Gasteiger partial charge in [-0.05, 0) is 49.1 Å². The summed E-state index contributed by atoms with van der Waals surface area (Å²) in [6.45, 7) is 1.97. The number of halogens is 6. The highest BCUT2D eigenvalue weighted by Crippen LogP contribution is 2.39. The Kier molecular flexibility index (Phi) is 6.87. The number of aromatic nitrogens is 4. The fourth-order valence-electron chi connectivity index (χ4n) is 4.28. The predicted molar refractivity (Wildman–Crippen MR) is 113 cm³/mol. The molecule has 0 aliphatic carbocycles. The van der Waals surface area contributed by atoms with Crippen molar-refractivity contribution >= 4 is 0 Å². The number of ether oxygens (including phenoxy) is 1. The van der Waals surface area contributed by atoms with Gasteiger partial charge < -0.3 is 10.1 Å². The Morgan fingerprint density at radius 2 is 1.69 bits per heavy atom. The van der Waals surface area contributed by atoms with Crippen molar-refractivity contribution in [1.82, 2.24) is 25.9 Å². The van der Waals surface area contributed by atoms with Crippen LogP contribution in [0.1, 0.15) is 59.9 Å². The average molecular weight is 499 g/mol. The van der Waals surface area contributed by atoms with E-state index in [0.717, 1.165) is 5.56 Å². The first-order chi connectivity index (χ1) is 16.5. The van der Waals surface area contributed by atoms with E-state index in [1.54, 1.807) is 0 Å². The van der Waals surface area contributed by atoms with Gasteiger partial charge >= 0.3 is 12.4 Å². The number of tetrazole rings is 1. The van der Waals surface area contributed by atoms with Crippen LogP contribution in [0.2, 0.25) is 0 Å². The first-order valence-corrected chi connectivity index (χ1v) is 10.9. The topological polar surface area (TPSA) is 75.7 Å². The smallest absolute Gasteiger partial charge is 0.372 e. The number of nitrogens with zero attached hydrogens (tertiary/aromatic N) is 3. The lowest BCUT2D eigenvalue weighted by molar-refractivity contribution is -0.143. The normalized spacial score (nSPS) is 22.2. The minimum absolute atomic E-state index is 0.000761. The summed E-state index contributed by atoms with van der Waals surface area (Å²) in [4.78, 5) is 0. The van der Waals surface area contributed by atoms with E-state index in [1.807, 2.05) is 30.3 Å². The zero-order chi connectivity index (χ0) is 25.3. The standard InChI is InChI=1S/C23H23F6N5O/c1-14(16-9-18(22(24,25)26)11-19(10-16)23(27,28)29)35-13-21(17-5-3-2-4-6-17)8-7-15(12-30-21)20-31-33-34-32-20/h2-6,9-11,14-15,30H,7-8,12-13H2,1H3,(H,31,32,33,34)/t14?,15?,21-/m1/s1. The minimum atomic E-state index is -4.92. The number of piperidine rings is 1. The lowest BCUT2D eigenvalue weighted by Crippen LogP contribution is -2.51. The predicted octanol–water partition coefficient (Wildman–Crippen LogP) is 5.38. The molecular weight excluding hydrogens is 476 g/mol. The Balaban J connectivity index is 1.57. The van der Waals surface area contributed by atoms with Crippen molar-refractivity contribution in [3.63, 3.8) is 0 Å². The van der Waals surface area contributed by atoms with Gasteiger partial charge in [-0.2, -0.15) is 31.6 Å². The third-order valence-electron chi connectivity index (χ3n) is 6.32. The van der Waals surface area contributed by atoms with Gasteiger partial charge in [0.05, 0.1) is 29.4 Å². The molecule has 1 fully saturated rings. The van der Waals surface area contributed by atoms with Gasteiger partial charge in [-0.15, -0.1) is 10.2 Å².